The third-order valence-corrected chi connectivity index (χ3v) is 0.941. The molecule has 6 heteroatoms. The Morgan fingerprint density at radius 2 is 2.22 bits per heavy atom. The maximum atomic E-state index is 11.4. The first-order valence-electron chi connectivity index (χ1n) is 2.21. The van der Waals surface area contributed by atoms with Gasteiger partial charge in [0.05, 0.1) is 6.61 Å². The van der Waals surface area contributed by atoms with Crippen LogP contribution in [0.3, 0.4) is 0 Å². The molecule has 9 heavy (non-hydrogen) atoms. The van der Waals surface area contributed by atoms with Crippen molar-refractivity contribution >= 4 is 7.91 Å². The molecular formula is C3H7FNaO3P. The Balaban J connectivity index is 0. The monoisotopic (exact) mass is 164 g/mol. The van der Waals surface area contributed by atoms with E-state index in [1.165, 1.54) is 0 Å². The van der Waals surface area contributed by atoms with E-state index in [1.807, 2.05) is 0 Å². The summed E-state index contributed by atoms with van der Waals surface area (Å²) in [4.78, 5) is 9.53. The second-order valence-electron chi connectivity index (χ2n) is 1.26. The maximum Gasteiger partial charge on any atom is 1.00 e. The minimum Gasteiger partial charge on any atom is -0.753 e. The van der Waals surface area contributed by atoms with E-state index in [0.717, 1.165) is 0 Å². The zero-order chi connectivity index (χ0) is 6.62. The molecule has 1 unspecified atom stereocenters. The van der Waals surface area contributed by atoms with Crippen molar-refractivity contribution in [1.29, 1.82) is 0 Å². The largest absolute Gasteiger partial charge is 1.00 e. The van der Waals surface area contributed by atoms with Gasteiger partial charge in [0.2, 0.25) is 0 Å². The Morgan fingerprint density at radius 3 is 2.33 bits per heavy atom. The van der Waals surface area contributed by atoms with Gasteiger partial charge in [-0.05, 0) is 6.42 Å². The summed E-state index contributed by atoms with van der Waals surface area (Å²) in [6.45, 7) is 1.62. The Kier molecular flexibility index (Phi) is 8.25. The quantitative estimate of drug-likeness (QED) is 0.353. The zero-order valence-electron chi connectivity index (χ0n) is 5.46. The molecule has 0 aromatic rings. The fraction of sp³-hybridized carbons (Fsp3) is 1.00. The van der Waals surface area contributed by atoms with Crippen molar-refractivity contribution in [2.24, 2.45) is 0 Å². The molecule has 1 atom stereocenters. The molecule has 0 fully saturated rings. The van der Waals surface area contributed by atoms with Crippen LogP contribution in [0.5, 0.6) is 0 Å². The van der Waals surface area contributed by atoms with Gasteiger partial charge in [0, 0.05) is 0 Å². The summed E-state index contributed by atoms with van der Waals surface area (Å²) in [6, 6.07) is 0. The minimum absolute atomic E-state index is 0. The van der Waals surface area contributed by atoms with Crippen LogP contribution in [-0.4, -0.2) is 6.61 Å². The van der Waals surface area contributed by atoms with Gasteiger partial charge in [0.1, 0.15) is 0 Å². The van der Waals surface area contributed by atoms with Crippen molar-refractivity contribution < 1.29 is 47.7 Å². The van der Waals surface area contributed by atoms with Crippen molar-refractivity contribution in [1.82, 2.24) is 0 Å². The first-order valence-corrected chi connectivity index (χ1v) is 3.65. The van der Waals surface area contributed by atoms with Gasteiger partial charge in [-0.15, -0.1) is 0 Å². The molecule has 0 heterocycles. The van der Waals surface area contributed by atoms with E-state index in [1.54, 1.807) is 6.92 Å². The van der Waals surface area contributed by atoms with Gasteiger partial charge < -0.3 is 9.42 Å². The number of rotatable bonds is 3. The zero-order valence-corrected chi connectivity index (χ0v) is 8.36. The summed E-state index contributed by atoms with van der Waals surface area (Å²) in [6.07, 6.45) is 0.496. The summed E-state index contributed by atoms with van der Waals surface area (Å²) in [5.74, 6) is 0. The third-order valence-electron chi connectivity index (χ3n) is 0.450. The molecular weight excluding hydrogens is 157 g/mol. The van der Waals surface area contributed by atoms with Crippen LogP contribution in [0.25, 0.3) is 0 Å². The number of hydrogen-bond donors (Lipinski definition) is 0. The van der Waals surface area contributed by atoms with Gasteiger partial charge in [0.25, 0.3) is 0 Å². The van der Waals surface area contributed by atoms with Crippen molar-refractivity contribution in [2.75, 3.05) is 6.61 Å². The van der Waals surface area contributed by atoms with Gasteiger partial charge in [-0.1, -0.05) is 6.92 Å². The molecule has 0 radical (unpaired) electrons. The molecule has 50 valence electrons. The van der Waals surface area contributed by atoms with Crippen LogP contribution < -0.4 is 34.5 Å². The van der Waals surface area contributed by atoms with Crippen LogP contribution in [0.1, 0.15) is 13.3 Å². The van der Waals surface area contributed by atoms with Crippen LogP contribution in [0, 0.1) is 0 Å². The summed E-state index contributed by atoms with van der Waals surface area (Å²) in [7, 11) is -4.93. The molecule has 0 aromatic heterocycles. The Hall–Kier alpha value is 1.08. The molecule has 0 saturated heterocycles. The van der Waals surface area contributed by atoms with E-state index in [-0.39, 0.29) is 36.2 Å². The fourth-order valence-electron chi connectivity index (χ4n) is 0.200. The first-order chi connectivity index (χ1) is 3.56. The van der Waals surface area contributed by atoms with Crippen molar-refractivity contribution in [3.05, 3.63) is 0 Å². The van der Waals surface area contributed by atoms with Gasteiger partial charge in [0.15, 0.2) is 0 Å². The summed E-state index contributed by atoms with van der Waals surface area (Å²) in [5, 5.41) is 0. The predicted molar refractivity (Wildman–Crippen MR) is 25.0 cm³/mol. The smallest absolute Gasteiger partial charge is 0.753 e. The van der Waals surface area contributed by atoms with Gasteiger partial charge >= 0.3 is 37.5 Å². The Bertz CT molecular complexity index is 103. The third kappa shape index (κ3) is 12.3. The number of hydrogen-bond acceptors (Lipinski definition) is 3. The van der Waals surface area contributed by atoms with E-state index in [9.17, 15) is 13.7 Å². The Morgan fingerprint density at radius 1 is 1.78 bits per heavy atom. The molecule has 0 spiro atoms. The Labute approximate surface area is 75.5 Å². The average Bonchev–Trinajstić information content (AvgIpc) is 1.59. The molecule has 0 N–H and O–H groups in total. The predicted octanol–water partition coefficient (Wildman–Crippen LogP) is -2.15. The summed E-state index contributed by atoms with van der Waals surface area (Å²) in [5.41, 5.74) is 0. The fourth-order valence-corrected chi connectivity index (χ4v) is 0.601. The molecule has 0 bridgehead atoms. The van der Waals surface area contributed by atoms with Gasteiger partial charge in [-0.2, -0.15) is 4.20 Å². The van der Waals surface area contributed by atoms with E-state index in [0.29, 0.717) is 6.42 Å². The van der Waals surface area contributed by atoms with E-state index < -0.39 is 7.91 Å². The summed E-state index contributed by atoms with van der Waals surface area (Å²) >= 11 is 0. The van der Waals surface area contributed by atoms with Crippen LogP contribution in [0.15, 0.2) is 0 Å². The molecule has 0 aliphatic rings. The molecule has 0 aromatic carbocycles. The second kappa shape index (κ2) is 5.83. The number of halogens is 1. The molecule has 0 aliphatic carbocycles. The molecule has 0 rings (SSSR count). The van der Waals surface area contributed by atoms with Crippen LogP contribution in [0.2, 0.25) is 0 Å². The second-order valence-corrected chi connectivity index (χ2v) is 2.38. The van der Waals surface area contributed by atoms with Crippen LogP contribution in [0.4, 0.5) is 4.20 Å². The molecule has 0 aliphatic heterocycles. The minimum atomic E-state index is -4.93. The van der Waals surface area contributed by atoms with E-state index in [2.05, 4.69) is 4.52 Å². The maximum absolute atomic E-state index is 11.4. The normalized spacial score (nSPS) is 15.9. The average molecular weight is 164 g/mol. The topological polar surface area (TPSA) is 49.4 Å². The molecule has 0 amide bonds. The molecule has 0 saturated carbocycles. The van der Waals surface area contributed by atoms with Crippen LogP contribution >= 0.6 is 7.91 Å². The van der Waals surface area contributed by atoms with E-state index >= 15 is 0 Å². The van der Waals surface area contributed by atoms with Gasteiger partial charge in [-0.25, -0.2) is 0 Å². The standard InChI is InChI=1S/C3H8FO3P.Na/c1-2-3-7-8(4,5)6;/h2-3H2,1H3,(H,5,6);/q;+1/p-1. The first kappa shape index (κ1) is 12.7. The van der Waals surface area contributed by atoms with Crippen molar-refractivity contribution in [3.8, 4) is 0 Å². The van der Waals surface area contributed by atoms with Crippen molar-refractivity contribution in [3.63, 3.8) is 0 Å². The van der Waals surface area contributed by atoms with Crippen LogP contribution in [-0.2, 0) is 9.09 Å². The summed E-state index contributed by atoms with van der Waals surface area (Å²) < 4.78 is 24.6. The van der Waals surface area contributed by atoms with E-state index in [4.69, 9.17) is 0 Å². The van der Waals surface area contributed by atoms with Crippen molar-refractivity contribution in [2.45, 2.75) is 13.3 Å². The van der Waals surface area contributed by atoms with Gasteiger partial charge in [-0.3, -0.25) is 4.57 Å². The molecule has 3 nitrogen and oxygen atoms in total. The SMILES string of the molecule is CCCOP(=O)([O-])F.[Na+].